The number of carbonyl (C=O) groups excluding carboxylic acids is 1. The van der Waals surface area contributed by atoms with Crippen molar-refractivity contribution in [2.75, 3.05) is 6.61 Å². The van der Waals surface area contributed by atoms with Crippen molar-refractivity contribution < 1.29 is 9.90 Å². The van der Waals surface area contributed by atoms with Crippen LogP contribution in [0.25, 0.3) is 0 Å². The Morgan fingerprint density at radius 2 is 2.11 bits per heavy atom. The Morgan fingerprint density at radius 3 is 2.68 bits per heavy atom. The van der Waals surface area contributed by atoms with Crippen LogP contribution in [0.3, 0.4) is 0 Å². The molecule has 3 heterocycles. The fourth-order valence-electron chi connectivity index (χ4n) is 4.04. The van der Waals surface area contributed by atoms with Crippen LogP contribution >= 0.6 is 0 Å². The second-order valence-electron chi connectivity index (χ2n) is 5.98. The van der Waals surface area contributed by atoms with Gasteiger partial charge in [-0.25, -0.2) is 0 Å². The molecule has 2 aliphatic heterocycles. The van der Waals surface area contributed by atoms with Gasteiger partial charge < -0.3 is 14.6 Å². The number of aliphatic hydroxyl groups is 1. The van der Waals surface area contributed by atoms with Gasteiger partial charge in [0.1, 0.15) is 6.54 Å². The summed E-state index contributed by atoms with van der Waals surface area (Å²) in [4.78, 5) is 14.6. The zero-order valence-electron chi connectivity index (χ0n) is 11.5. The number of amides is 1. The van der Waals surface area contributed by atoms with Gasteiger partial charge in [-0.3, -0.25) is 4.79 Å². The molecule has 3 rings (SSSR count). The van der Waals surface area contributed by atoms with Crippen LogP contribution in [-0.4, -0.2) is 39.2 Å². The number of fused-ring (bicyclic) bond motifs is 2. The second-order valence-corrected chi connectivity index (χ2v) is 5.98. The smallest absolute Gasteiger partial charge is 0.243 e. The minimum atomic E-state index is -0.0464. The Bertz CT molecular complexity index is 451. The molecule has 4 nitrogen and oxygen atoms in total. The van der Waals surface area contributed by atoms with Crippen LogP contribution in [0.15, 0.2) is 24.5 Å². The first-order valence-electron chi connectivity index (χ1n) is 7.23. The van der Waals surface area contributed by atoms with Crippen molar-refractivity contribution in [3.05, 3.63) is 24.5 Å². The predicted molar refractivity (Wildman–Crippen MR) is 72.5 cm³/mol. The molecule has 2 fully saturated rings. The summed E-state index contributed by atoms with van der Waals surface area (Å²) >= 11 is 0. The van der Waals surface area contributed by atoms with Crippen molar-refractivity contribution in [1.29, 1.82) is 0 Å². The average Bonchev–Trinajstić information content (AvgIpc) is 3.12. The molecule has 2 saturated heterocycles. The summed E-state index contributed by atoms with van der Waals surface area (Å²) in [5.41, 5.74) is -0.0464. The summed E-state index contributed by atoms with van der Waals surface area (Å²) in [6, 6.07) is 4.47. The van der Waals surface area contributed by atoms with Crippen molar-refractivity contribution in [2.45, 2.75) is 51.2 Å². The molecule has 2 aliphatic rings. The first-order chi connectivity index (χ1) is 9.20. The van der Waals surface area contributed by atoms with E-state index in [0.29, 0.717) is 12.6 Å². The lowest BCUT2D eigenvalue weighted by molar-refractivity contribution is -0.134. The van der Waals surface area contributed by atoms with Crippen LogP contribution in [0.4, 0.5) is 0 Å². The monoisotopic (exact) mass is 262 g/mol. The number of aromatic nitrogens is 1. The summed E-state index contributed by atoms with van der Waals surface area (Å²) in [6.07, 6.45) is 7.93. The van der Waals surface area contributed by atoms with Crippen molar-refractivity contribution in [2.24, 2.45) is 5.41 Å². The average molecular weight is 262 g/mol. The van der Waals surface area contributed by atoms with E-state index in [1.54, 1.807) is 0 Å². The molecule has 104 valence electrons. The Morgan fingerprint density at radius 1 is 1.37 bits per heavy atom. The molecule has 1 aromatic heterocycles. The van der Waals surface area contributed by atoms with Crippen LogP contribution in [0.1, 0.15) is 32.6 Å². The van der Waals surface area contributed by atoms with Crippen molar-refractivity contribution in [3.8, 4) is 0 Å². The van der Waals surface area contributed by atoms with Crippen molar-refractivity contribution in [1.82, 2.24) is 9.47 Å². The molecular weight excluding hydrogens is 240 g/mol. The fourth-order valence-corrected chi connectivity index (χ4v) is 4.04. The quantitative estimate of drug-likeness (QED) is 0.896. The van der Waals surface area contributed by atoms with Gasteiger partial charge in [0.05, 0.1) is 6.61 Å². The number of nitrogens with zero attached hydrogens (tertiary/aromatic N) is 2. The molecule has 0 aromatic carbocycles. The van der Waals surface area contributed by atoms with E-state index in [2.05, 4.69) is 11.8 Å². The van der Waals surface area contributed by atoms with Crippen molar-refractivity contribution in [3.63, 3.8) is 0 Å². The predicted octanol–water partition coefficient (Wildman–Crippen LogP) is 1.64. The molecule has 0 saturated carbocycles. The van der Waals surface area contributed by atoms with Gasteiger partial charge in [0.2, 0.25) is 5.91 Å². The first kappa shape index (κ1) is 12.7. The van der Waals surface area contributed by atoms with E-state index in [-0.39, 0.29) is 24.0 Å². The van der Waals surface area contributed by atoms with Crippen molar-refractivity contribution >= 4 is 5.91 Å². The second kappa shape index (κ2) is 4.67. The first-order valence-corrected chi connectivity index (χ1v) is 7.23. The zero-order chi connectivity index (χ0) is 13.5. The molecule has 3 atom stereocenters. The fraction of sp³-hybridized carbons (Fsp3) is 0.667. The van der Waals surface area contributed by atoms with Crippen LogP contribution in [-0.2, 0) is 11.3 Å². The highest BCUT2D eigenvalue weighted by Gasteiger charge is 2.55. The molecule has 1 aromatic rings. The topological polar surface area (TPSA) is 45.5 Å². The maximum Gasteiger partial charge on any atom is 0.243 e. The van der Waals surface area contributed by atoms with Gasteiger partial charge >= 0.3 is 0 Å². The van der Waals surface area contributed by atoms with Gasteiger partial charge in [-0.2, -0.15) is 0 Å². The van der Waals surface area contributed by atoms with Crippen LogP contribution in [0, 0.1) is 5.41 Å². The van der Waals surface area contributed by atoms with Gasteiger partial charge in [0.25, 0.3) is 0 Å². The number of hydrogen-bond donors (Lipinski definition) is 1. The molecule has 0 spiro atoms. The van der Waals surface area contributed by atoms with Crippen LogP contribution in [0.5, 0.6) is 0 Å². The van der Waals surface area contributed by atoms with Crippen LogP contribution in [0.2, 0.25) is 0 Å². The Kier molecular flexibility index (Phi) is 3.13. The highest BCUT2D eigenvalue weighted by Crippen LogP contribution is 2.51. The summed E-state index contributed by atoms with van der Waals surface area (Å²) < 4.78 is 1.92. The Labute approximate surface area is 114 Å². The Hall–Kier alpha value is -1.29. The molecule has 0 radical (unpaired) electrons. The van der Waals surface area contributed by atoms with E-state index >= 15 is 0 Å². The molecule has 4 heteroatoms. The normalized spacial score (nSPS) is 33.1. The third-order valence-corrected chi connectivity index (χ3v) is 5.14. The molecule has 1 amide bonds. The van der Waals surface area contributed by atoms with E-state index in [9.17, 15) is 9.90 Å². The summed E-state index contributed by atoms with van der Waals surface area (Å²) in [7, 11) is 0. The van der Waals surface area contributed by atoms with E-state index in [1.807, 2.05) is 29.1 Å². The van der Waals surface area contributed by atoms with Crippen LogP contribution < -0.4 is 0 Å². The molecule has 0 aliphatic carbocycles. The lowest BCUT2D eigenvalue weighted by atomic mass is 9.72. The number of rotatable bonds is 4. The third-order valence-electron chi connectivity index (χ3n) is 5.14. The van der Waals surface area contributed by atoms with E-state index in [0.717, 1.165) is 25.7 Å². The highest BCUT2D eigenvalue weighted by molar-refractivity contribution is 5.77. The van der Waals surface area contributed by atoms with Gasteiger partial charge in [0.15, 0.2) is 0 Å². The van der Waals surface area contributed by atoms with E-state index in [4.69, 9.17) is 0 Å². The largest absolute Gasteiger partial charge is 0.396 e. The van der Waals surface area contributed by atoms with Gasteiger partial charge in [-0.05, 0) is 37.8 Å². The number of hydrogen-bond acceptors (Lipinski definition) is 2. The third kappa shape index (κ3) is 1.89. The van der Waals surface area contributed by atoms with E-state index < -0.39 is 0 Å². The number of aliphatic hydroxyl groups excluding tert-OH is 1. The van der Waals surface area contributed by atoms with Gasteiger partial charge in [-0.15, -0.1) is 0 Å². The minimum Gasteiger partial charge on any atom is -0.396 e. The molecule has 0 unspecified atom stereocenters. The number of carbonyl (C=O) groups is 1. The standard InChI is InChI=1S/C15H22N2O2/c1-2-15(11-18)9-12-5-6-13(15)17(12)14(19)10-16-7-3-4-8-16/h3-4,7-8,12-13,18H,2,5-6,9-11H2,1H3/t12-,13+,15-/m0/s1. The molecule has 1 N–H and O–H groups in total. The SMILES string of the molecule is CC[C@@]1(CO)C[C@@H]2CC[C@H]1N2C(=O)Cn1cccc1. The summed E-state index contributed by atoms with van der Waals surface area (Å²) in [5.74, 6) is 0.201. The summed E-state index contributed by atoms with van der Waals surface area (Å²) in [6.45, 7) is 2.76. The van der Waals surface area contributed by atoms with E-state index in [1.165, 1.54) is 0 Å². The zero-order valence-corrected chi connectivity index (χ0v) is 11.5. The molecule has 19 heavy (non-hydrogen) atoms. The van der Waals surface area contributed by atoms with Gasteiger partial charge in [0, 0.05) is 29.9 Å². The van der Waals surface area contributed by atoms with Gasteiger partial charge in [-0.1, -0.05) is 6.92 Å². The molecule has 2 bridgehead atoms. The minimum absolute atomic E-state index is 0.0464. The Balaban J connectivity index is 1.77. The lowest BCUT2D eigenvalue weighted by Gasteiger charge is -2.34. The maximum absolute atomic E-state index is 12.5. The molecular formula is C15H22N2O2. The summed E-state index contributed by atoms with van der Waals surface area (Å²) in [5, 5.41) is 9.75. The lowest BCUT2D eigenvalue weighted by Crippen LogP contribution is -2.43. The maximum atomic E-state index is 12.5. The highest BCUT2D eigenvalue weighted by atomic mass is 16.3.